The lowest BCUT2D eigenvalue weighted by atomic mass is 10.2. The van der Waals surface area contributed by atoms with Crippen LogP contribution in [0.15, 0.2) is 66.7 Å². The molecule has 1 unspecified atom stereocenters. The Morgan fingerprint density at radius 2 is 1.46 bits per heavy atom. The molecule has 2 aromatic heterocycles. The summed E-state index contributed by atoms with van der Waals surface area (Å²) in [4.78, 5) is 17.2. The molecule has 0 amide bonds. The highest BCUT2D eigenvalue weighted by Crippen LogP contribution is 2.23. The fourth-order valence-corrected chi connectivity index (χ4v) is 5.09. The zero-order chi connectivity index (χ0) is 23.6. The molecule has 0 aliphatic carbocycles. The van der Waals surface area contributed by atoms with Crippen LogP contribution in [0.2, 0.25) is 0 Å². The maximum Gasteiger partial charge on any atom is 0.254 e. The number of para-hydroxylation sites is 1. The van der Waals surface area contributed by atoms with Crippen molar-refractivity contribution < 1.29 is 0 Å². The number of piperazine rings is 2. The van der Waals surface area contributed by atoms with E-state index in [4.69, 9.17) is 15.1 Å². The fourth-order valence-electron chi connectivity index (χ4n) is 5.09. The van der Waals surface area contributed by atoms with Gasteiger partial charge in [0, 0.05) is 75.7 Å². The number of nitrogens with zero attached hydrogens (tertiary/aromatic N) is 7. The van der Waals surface area contributed by atoms with Crippen LogP contribution in [0.25, 0.3) is 17.2 Å². The van der Waals surface area contributed by atoms with Crippen molar-refractivity contribution in [1.82, 2.24) is 29.8 Å². The van der Waals surface area contributed by atoms with E-state index in [-0.39, 0.29) is 49.6 Å². The van der Waals surface area contributed by atoms with Gasteiger partial charge >= 0.3 is 0 Å². The normalized spacial score (nSPS) is 17.4. The molecule has 6 rings (SSSR count). The van der Waals surface area contributed by atoms with E-state index in [0.717, 1.165) is 75.3 Å². The van der Waals surface area contributed by atoms with Gasteiger partial charge in [-0.3, -0.25) is 4.90 Å². The number of benzene rings is 2. The Balaban J connectivity index is 0.00000133. The largest absolute Gasteiger partial charge is 0.369 e. The minimum absolute atomic E-state index is 0. The quantitative estimate of drug-likeness (QED) is 0.353. The lowest BCUT2D eigenvalue weighted by Crippen LogP contribution is -2.50. The van der Waals surface area contributed by atoms with Crippen LogP contribution < -0.4 is 15.1 Å². The molecule has 39 heavy (non-hydrogen) atoms. The Hall–Kier alpha value is -2.33. The van der Waals surface area contributed by atoms with Gasteiger partial charge in [-0.15, -0.1) is 54.7 Å². The zero-order valence-electron chi connectivity index (χ0n) is 21.8. The smallest absolute Gasteiger partial charge is 0.254 e. The van der Waals surface area contributed by atoms with Gasteiger partial charge in [0.05, 0.1) is 5.69 Å². The summed E-state index contributed by atoms with van der Waals surface area (Å²) >= 11 is 0. The summed E-state index contributed by atoms with van der Waals surface area (Å²) < 4.78 is 1.93. The fraction of sp³-hybridized carbons (Fsp3) is 0.370. The van der Waals surface area contributed by atoms with Crippen LogP contribution in [-0.4, -0.2) is 76.3 Å². The molecular formula is C27H36Cl4N8. The zero-order valence-corrected chi connectivity index (χ0v) is 25.1. The van der Waals surface area contributed by atoms with Crippen LogP contribution in [-0.2, 0) is 6.54 Å². The molecular weight excluding hydrogens is 578 g/mol. The number of hydrogen-bond acceptors (Lipinski definition) is 7. The molecule has 4 heterocycles. The number of rotatable bonds is 5. The molecule has 2 aromatic carbocycles. The van der Waals surface area contributed by atoms with Crippen molar-refractivity contribution in [3.63, 3.8) is 0 Å². The van der Waals surface area contributed by atoms with Gasteiger partial charge in [-0.2, -0.15) is 9.50 Å². The first kappa shape index (κ1) is 32.9. The van der Waals surface area contributed by atoms with Gasteiger partial charge in [0.15, 0.2) is 5.82 Å². The number of halogens is 4. The van der Waals surface area contributed by atoms with Gasteiger partial charge < -0.3 is 15.1 Å². The lowest BCUT2D eigenvalue weighted by molar-refractivity contribution is 0.247. The second kappa shape index (κ2) is 14.9. The summed E-state index contributed by atoms with van der Waals surface area (Å²) in [7, 11) is 0. The molecule has 8 nitrogen and oxygen atoms in total. The maximum atomic E-state index is 4.96. The van der Waals surface area contributed by atoms with Gasteiger partial charge in [0.25, 0.3) is 5.78 Å². The standard InChI is InChI=1S/C27H32N8.4ClH/c1-21-19-34(13-12-28-21)25-18-23(20-32-14-16-33(17-15-32)24-10-6-3-7-11-24)29-27-30-26(31-35(25)27)22-8-4-2-5-9-22;;;;/h2-11,18,21,28H,12-17,19-20H2,1H3;4*1H. The molecule has 1 atom stereocenters. The van der Waals surface area contributed by atoms with E-state index in [2.05, 4.69) is 75.5 Å². The van der Waals surface area contributed by atoms with Gasteiger partial charge in [0.2, 0.25) is 0 Å². The second-order valence-corrected chi connectivity index (χ2v) is 9.52. The average molecular weight is 614 g/mol. The van der Waals surface area contributed by atoms with E-state index >= 15 is 0 Å². The third-order valence-corrected chi connectivity index (χ3v) is 6.95. The predicted molar refractivity (Wildman–Crippen MR) is 169 cm³/mol. The third-order valence-electron chi connectivity index (χ3n) is 6.95. The van der Waals surface area contributed by atoms with Crippen molar-refractivity contribution in [2.24, 2.45) is 0 Å². The van der Waals surface area contributed by atoms with Crippen LogP contribution in [0.4, 0.5) is 11.5 Å². The van der Waals surface area contributed by atoms with Crippen LogP contribution >= 0.6 is 49.6 Å². The number of aromatic nitrogens is 4. The first-order valence-corrected chi connectivity index (χ1v) is 12.6. The van der Waals surface area contributed by atoms with Crippen LogP contribution in [0.1, 0.15) is 12.6 Å². The summed E-state index contributed by atoms with van der Waals surface area (Å²) in [5, 5.41) is 8.42. The second-order valence-electron chi connectivity index (χ2n) is 9.52. The van der Waals surface area contributed by atoms with Crippen molar-refractivity contribution in [2.45, 2.75) is 19.5 Å². The maximum absolute atomic E-state index is 4.96. The SMILES string of the molecule is CC1CN(c2cc(CN3CCN(c4ccccc4)CC3)nc3nc(-c4ccccc4)nn23)CCN1.Cl.Cl.Cl.Cl. The van der Waals surface area contributed by atoms with E-state index in [1.807, 2.05) is 22.7 Å². The number of anilines is 2. The summed E-state index contributed by atoms with van der Waals surface area (Å²) in [6.45, 7) is 9.98. The summed E-state index contributed by atoms with van der Waals surface area (Å²) in [5.74, 6) is 2.47. The Labute approximate surface area is 254 Å². The van der Waals surface area contributed by atoms with Gasteiger partial charge in [-0.1, -0.05) is 48.5 Å². The van der Waals surface area contributed by atoms with Crippen molar-refractivity contribution in [3.8, 4) is 11.4 Å². The van der Waals surface area contributed by atoms with Crippen molar-refractivity contribution >= 4 is 66.9 Å². The molecule has 2 saturated heterocycles. The highest BCUT2D eigenvalue weighted by Gasteiger charge is 2.23. The van der Waals surface area contributed by atoms with Crippen molar-refractivity contribution in [3.05, 3.63) is 72.4 Å². The molecule has 2 fully saturated rings. The minimum atomic E-state index is 0. The molecule has 0 spiro atoms. The molecule has 0 saturated carbocycles. The monoisotopic (exact) mass is 612 g/mol. The summed E-state index contributed by atoms with van der Waals surface area (Å²) in [6.07, 6.45) is 0. The number of nitrogens with one attached hydrogen (secondary N) is 1. The van der Waals surface area contributed by atoms with E-state index in [0.29, 0.717) is 11.8 Å². The average Bonchev–Trinajstić information content (AvgIpc) is 3.34. The molecule has 0 bridgehead atoms. The number of fused-ring (bicyclic) bond motifs is 1. The van der Waals surface area contributed by atoms with E-state index in [9.17, 15) is 0 Å². The highest BCUT2D eigenvalue weighted by atomic mass is 35.5. The highest BCUT2D eigenvalue weighted by molar-refractivity contribution is 5.86. The van der Waals surface area contributed by atoms with Crippen molar-refractivity contribution in [1.29, 1.82) is 0 Å². The van der Waals surface area contributed by atoms with Crippen LogP contribution in [0.5, 0.6) is 0 Å². The van der Waals surface area contributed by atoms with Gasteiger partial charge in [-0.25, -0.2) is 4.98 Å². The molecule has 212 valence electrons. The Bertz CT molecular complexity index is 1280. The summed E-state index contributed by atoms with van der Waals surface area (Å²) in [5.41, 5.74) is 3.37. The van der Waals surface area contributed by atoms with Crippen molar-refractivity contribution in [2.75, 3.05) is 55.6 Å². The lowest BCUT2D eigenvalue weighted by Gasteiger charge is -2.36. The van der Waals surface area contributed by atoms with Gasteiger partial charge in [-0.05, 0) is 19.1 Å². The first-order chi connectivity index (χ1) is 17.2. The van der Waals surface area contributed by atoms with Gasteiger partial charge in [0.1, 0.15) is 5.82 Å². The Morgan fingerprint density at radius 1 is 0.795 bits per heavy atom. The third kappa shape index (κ3) is 7.45. The predicted octanol–water partition coefficient (Wildman–Crippen LogP) is 4.60. The van der Waals surface area contributed by atoms with E-state index in [1.165, 1.54) is 5.69 Å². The van der Waals surface area contributed by atoms with Crippen LogP contribution in [0.3, 0.4) is 0 Å². The molecule has 2 aliphatic rings. The molecule has 1 N–H and O–H groups in total. The number of hydrogen-bond donors (Lipinski definition) is 1. The Kier molecular flexibility index (Phi) is 12.5. The summed E-state index contributed by atoms with van der Waals surface area (Å²) in [6, 6.07) is 23.5. The Morgan fingerprint density at radius 3 is 2.13 bits per heavy atom. The molecule has 2 aliphatic heterocycles. The topological polar surface area (TPSA) is 64.8 Å². The van der Waals surface area contributed by atoms with Crippen LogP contribution in [0, 0.1) is 0 Å². The first-order valence-electron chi connectivity index (χ1n) is 12.6. The van der Waals surface area contributed by atoms with E-state index in [1.54, 1.807) is 0 Å². The molecule has 12 heteroatoms. The molecule has 0 radical (unpaired) electrons. The minimum Gasteiger partial charge on any atom is -0.369 e. The van der Waals surface area contributed by atoms with E-state index < -0.39 is 0 Å². The molecule has 4 aromatic rings.